The second kappa shape index (κ2) is 4.96. The lowest BCUT2D eigenvalue weighted by Crippen LogP contribution is -2.13. The second-order valence-electron chi connectivity index (χ2n) is 4.65. The SMILES string of the molecule is COc1cc(C(C)N)c(OC)c2c1CCCC2. The van der Waals surface area contributed by atoms with Crippen molar-refractivity contribution < 1.29 is 9.47 Å². The molecule has 0 radical (unpaired) electrons. The van der Waals surface area contributed by atoms with Crippen LogP contribution in [-0.4, -0.2) is 14.2 Å². The average Bonchev–Trinajstić information content (AvgIpc) is 2.36. The highest BCUT2D eigenvalue weighted by Crippen LogP contribution is 2.40. The molecule has 1 aliphatic rings. The van der Waals surface area contributed by atoms with Crippen LogP contribution in [0.4, 0.5) is 0 Å². The van der Waals surface area contributed by atoms with Gasteiger partial charge in [-0.25, -0.2) is 0 Å². The molecule has 1 atom stereocenters. The van der Waals surface area contributed by atoms with E-state index < -0.39 is 0 Å². The lowest BCUT2D eigenvalue weighted by atomic mass is 9.87. The standard InChI is InChI=1S/C14H21NO2/c1-9(15)12-8-13(16-2)10-6-4-5-7-11(10)14(12)17-3/h8-9H,4-7,15H2,1-3H3. The fraction of sp³-hybridized carbons (Fsp3) is 0.571. The molecule has 0 spiro atoms. The first-order chi connectivity index (χ1) is 8.19. The summed E-state index contributed by atoms with van der Waals surface area (Å²) in [6.07, 6.45) is 4.59. The summed E-state index contributed by atoms with van der Waals surface area (Å²) in [5, 5.41) is 0. The largest absolute Gasteiger partial charge is 0.496 e. The molecule has 2 rings (SSSR count). The van der Waals surface area contributed by atoms with E-state index in [2.05, 4.69) is 0 Å². The fourth-order valence-corrected chi connectivity index (χ4v) is 2.66. The van der Waals surface area contributed by atoms with Gasteiger partial charge in [0.1, 0.15) is 11.5 Å². The maximum absolute atomic E-state index is 6.01. The Balaban J connectivity index is 2.63. The van der Waals surface area contributed by atoms with Crippen molar-refractivity contribution in [3.63, 3.8) is 0 Å². The summed E-state index contributed by atoms with van der Waals surface area (Å²) in [6.45, 7) is 1.98. The number of hydrogen-bond acceptors (Lipinski definition) is 3. The van der Waals surface area contributed by atoms with Gasteiger partial charge in [-0.3, -0.25) is 0 Å². The summed E-state index contributed by atoms with van der Waals surface area (Å²) in [5.74, 6) is 1.93. The minimum absolute atomic E-state index is 0.0360. The van der Waals surface area contributed by atoms with Gasteiger partial charge in [0.05, 0.1) is 14.2 Å². The highest BCUT2D eigenvalue weighted by molar-refractivity contribution is 5.55. The Hall–Kier alpha value is -1.22. The van der Waals surface area contributed by atoms with E-state index in [0.29, 0.717) is 0 Å². The molecular weight excluding hydrogens is 214 g/mol. The Morgan fingerprint density at radius 1 is 1.12 bits per heavy atom. The molecule has 0 aliphatic heterocycles. The summed E-state index contributed by atoms with van der Waals surface area (Å²) < 4.78 is 11.1. The normalized spacial score (nSPS) is 16.2. The molecule has 0 saturated carbocycles. The molecule has 1 aliphatic carbocycles. The van der Waals surface area contributed by atoms with E-state index in [0.717, 1.165) is 29.9 Å². The topological polar surface area (TPSA) is 44.5 Å². The number of methoxy groups -OCH3 is 2. The van der Waals surface area contributed by atoms with Gasteiger partial charge in [-0.05, 0) is 38.7 Å². The van der Waals surface area contributed by atoms with E-state index in [4.69, 9.17) is 15.2 Å². The fourth-order valence-electron chi connectivity index (χ4n) is 2.66. The molecule has 94 valence electrons. The zero-order valence-corrected chi connectivity index (χ0v) is 10.9. The third kappa shape index (κ3) is 2.12. The summed E-state index contributed by atoms with van der Waals surface area (Å²) in [4.78, 5) is 0. The van der Waals surface area contributed by atoms with Crippen LogP contribution < -0.4 is 15.2 Å². The maximum Gasteiger partial charge on any atom is 0.127 e. The Kier molecular flexibility index (Phi) is 3.57. The first-order valence-electron chi connectivity index (χ1n) is 6.21. The van der Waals surface area contributed by atoms with E-state index in [1.54, 1.807) is 14.2 Å². The number of fused-ring (bicyclic) bond motifs is 1. The molecular formula is C14H21NO2. The quantitative estimate of drug-likeness (QED) is 0.875. The number of benzene rings is 1. The average molecular weight is 235 g/mol. The summed E-state index contributed by atoms with van der Waals surface area (Å²) >= 11 is 0. The first-order valence-corrected chi connectivity index (χ1v) is 6.21. The summed E-state index contributed by atoms with van der Waals surface area (Å²) in [7, 11) is 3.45. The van der Waals surface area contributed by atoms with Gasteiger partial charge in [0.25, 0.3) is 0 Å². The van der Waals surface area contributed by atoms with E-state index in [-0.39, 0.29) is 6.04 Å². The molecule has 3 nitrogen and oxygen atoms in total. The summed E-state index contributed by atoms with van der Waals surface area (Å²) in [6, 6.07) is 2.00. The Morgan fingerprint density at radius 3 is 2.29 bits per heavy atom. The third-order valence-electron chi connectivity index (χ3n) is 3.50. The van der Waals surface area contributed by atoms with Gasteiger partial charge in [0.2, 0.25) is 0 Å². The highest BCUT2D eigenvalue weighted by Gasteiger charge is 2.22. The van der Waals surface area contributed by atoms with Crippen molar-refractivity contribution in [2.24, 2.45) is 5.73 Å². The molecule has 17 heavy (non-hydrogen) atoms. The lowest BCUT2D eigenvalue weighted by molar-refractivity contribution is 0.383. The number of ether oxygens (including phenoxy) is 2. The smallest absolute Gasteiger partial charge is 0.127 e. The van der Waals surface area contributed by atoms with Gasteiger partial charge in [0.15, 0.2) is 0 Å². The van der Waals surface area contributed by atoms with Crippen LogP contribution in [0.3, 0.4) is 0 Å². The molecule has 0 saturated heterocycles. The summed E-state index contributed by atoms with van der Waals surface area (Å²) in [5.41, 5.74) is 9.66. The zero-order valence-electron chi connectivity index (χ0n) is 10.9. The van der Waals surface area contributed by atoms with Crippen LogP contribution in [0.15, 0.2) is 6.07 Å². The second-order valence-corrected chi connectivity index (χ2v) is 4.65. The van der Waals surface area contributed by atoms with Crippen molar-refractivity contribution in [1.29, 1.82) is 0 Å². The van der Waals surface area contributed by atoms with Crippen LogP contribution in [0.25, 0.3) is 0 Å². The molecule has 2 N–H and O–H groups in total. The molecule has 0 amide bonds. The molecule has 3 heteroatoms. The van der Waals surface area contributed by atoms with Crippen molar-refractivity contribution >= 4 is 0 Å². The van der Waals surface area contributed by atoms with E-state index in [1.807, 2.05) is 13.0 Å². The van der Waals surface area contributed by atoms with Crippen LogP contribution in [0.2, 0.25) is 0 Å². The van der Waals surface area contributed by atoms with Gasteiger partial charge >= 0.3 is 0 Å². The molecule has 1 aromatic rings. The van der Waals surface area contributed by atoms with Gasteiger partial charge in [-0.15, -0.1) is 0 Å². The lowest BCUT2D eigenvalue weighted by Gasteiger charge is -2.25. The number of hydrogen-bond donors (Lipinski definition) is 1. The van der Waals surface area contributed by atoms with Crippen molar-refractivity contribution in [2.45, 2.75) is 38.6 Å². The number of rotatable bonds is 3. The number of nitrogens with two attached hydrogens (primary N) is 1. The van der Waals surface area contributed by atoms with Gasteiger partial charge < -0.3 is 15.2 Å². The molecule has 1 aromatic carbocycles. The molecule has 0 bridgehead atoms. The van der Waals surface area contributed by atoms with Crippen molar-refractivity contribution in [1.82, 2.24) is 0 Å². The molecule has 0 heterocycles. The Morgan fingerprint density at radius 2 is 1.76 bits per heavy atom. The predicted molar refractivity (Wildman–Crippen MR) is 68.8 cm³/mol. The minimum Gasteiger partial charge on any atom is -0.496 e. The van der Waals surface area contributed by atoms with E-state index in [9.17, 15) is 0 Å². The van der Waals surface area contributed by atoms with Crippen molar-refractivity contribution in [3.05, 3.63) is 22.8 Å². The maximum atomic E-state index is 6.01. The molecule has 0 aromatic heterocycles. The Bertz CT molecular complexity index is 413. The molecule has 1 unspecified atom stereocenters. The Labute approximate surface area is 103 Å². The van der Waals surface area contributed by atoms with Gasteiger partial charge in [0, 0.05) is 22.7 Å². The van der Waals surface area contributed by atoms with Crippen LogP contribution in [-0.2, 0) is 12.8 Å². The van der Waals surface area contributed by atoms with Crippen molar-refractivity contribution in [3.8, 4) is 11.5 Å². The van der Waals surface area contributed by atoms with Crippen molar-refractivity contribution in [2.75, 3.05) is 14.2 Å². The van der Waals surface area contributed by atoms with Crippen LogP contribution in [0.5, 0.6) is 11.5 Å². The third-order valence-corrected chi connectivity index (χ3v) is 3.50. The van der Waals surface area contributed by atoms with E-state index >= 15 is 0 Å². The van der Waals surface area contributed by atoms with E-state index in [1.165, 1.54) is 24.0 Å². The molecule has 0 fully saturated rings. The highest BCUT2D eigenvalue weighted by atomic mass is 16.5. The van der Waals surface area contributed by atoms with Gasteiger partial charge in [-0.2, -0.15) is 0 Å². The zero-order chi connectivity index (χ0) is 12.4. The van der Waals surface area contributed by atoms with Crippen LogP contribution in [0.1, 0.15) is 42.5 Å². The first kappa shape index (κ1) is 12.2. The monoisotopic (exact) mass is 235 g/mol. The van der Waals surface area contributed by atoms with Gasteiger partial charge in [-0.1, -0.05) is 0 Å². The van der Waals surface area contributed by atoms with Crippen LogP contribution in [0, 0.1) is 0 Å². The predicted octanol–water partition coefficient (Wildman–Crippen LogP) is 2.60. The minimum atomic E-state index is -0.0360. The van der Waals surface area contributed by atoms with Crippen LogP contribution >= 0.6 is 0 Å².